The van der Waals surface area contributed by atoms with Crippen molar-refractivity contribution in [3.63, 3.8) is 0 Å². The van der Waals surface area contributed by atoms with Gasteiger partial charge in [-0.1, -0.05) is 18.6 Å². The third-order valence-corrected chi connectivity index (χ3v) is 5.82. The van der Waals surface area contributed by atoms with Gasteiger partial charge in [0.25, 0.3) is 0 Å². The topological polar surface area (TPSA) is 79.0 Å². The van der Waals surface area contributed by atoms with Crippen molar-refractivity contribution in [1.29, 1.82) is 0 Å². The highest BCUT2D eigenvalue weighted by atomic mass is 35.5. The number of rotatable bonds is 12. The van der Waals surface area contributed by atoms with Gasteiger partial charge in [0, 0.05) is 38.5 Å². The Balaban J connectivity index is 2.06. The summed E-state index contributed by atoms with van der Waals surface area (Å²) in [5.41, 5.74) is -1.38. The molecule has 0 radical (unpaired) electrons. The summed E-state index contributed by atoms with van der Waals surface area (Å²) < 4.78 is 45.4. The number of nitrogens with one attached hydrogen (secondary N) is 1. The van der Waals surface area contributed by atoms with Gasteiger partial charge in [0.05, 0.1) is 18.0 Å². The molecule has 1 atom stereocenters. The summed E-state index contributed by atoms with van der Waals surface area (Å²) in [7, 11) is 0. The van der Waals surface area contributed by atoms with Gasteiger partial charge in [0.1, 0.15) is 5.60 Å². The molecule has 202 valence electrons. The molecule has 11 heteroatoms. The number of halogens is 4. The van der Waals surface area contributed by atoms with Crippen LogP contribution in [-0.2, 0) is 20.5 Å². The van der Waals surface area contributed by atoms with Gasteiger partial charge in [-0.2, -0.15) is 13.2 Å². The Morgan fingerprint density at radius 1 is 1.14 bits per heavy atom. The number of benzene rings is 1. The van der Waals surface area contributed by atoms with E-state index in [1.165, 1.54) is 17.0 Å². The van der Waals surface area contributed by atoms with Crippen LogP contribution < -0.4 is 5.32 Å². The minimum absolute atomic E-state index is 0.0647. The zero-order valence-corrected chi connectivity index (χ0v) is 21.8. The summed E-state index contributed by atoms with van der Waals surface area (Å²) in [6, 6.07) is 3.51. The Kier molecular flexibility index (Phi) is 10.9. The molecule has 1 saturated heterocycles. The molecule has 0 aromatic heterocycles. The first-order valence-electron chi connectivity index (χ1n) is 12.1. The van der Waals surface area contributed by atoms with Crippen LogP contribution in [0.1, 0.15) is 70.0 Å². The van der Waals surface area contributed by atoms with E-state index in [1.807, 2.05) is 0 Å². The number of nitrogens with zero attached hydrogens (tertiary/aromatic N) is 2. The maximum absolute atomic E-state index is 13.3. The second kappa shape index (κ2) is 13.2. The fourth-order valence-electron chi connectivity index (χ4n) is 4.01. The van der Waals surface area contributed by atoms with Crippen LogP contribution in [0.15, 0.2) is 24.3 Å². The highest BCUT2D eigenvalue weighted by molar-refractivity contribution is 6.18. The van der Waals surface area contributed by atoms with E-state index in [9.17, 15) is 27.6 Å². The summed E-state index contributed by atoms with van der Waals surface area (Å²) >= 11 is 5.54. The van der Waals surface area contributed by atoms with Crippen molar-refractivity contribution in [3.8, 4) is 0 Å². The second-order valence-electron chi connectivity index (χ2n) is 9.74. The third-order valence-electron chi connectivity index (χ3n) is 5.63. The van der Waals surface area contributed by atoms with Gasteiger partial charge in [0.15, 0.2) is 0 Å². The van der Waals surface area contributed by atoms with Crippen molar-refractivity contribution in [3.05, 3.63) is 35.4 Å². The van der Waals surface area contributed by atoms with Crippen molar-refractivity contribution in [2.24, 2.45) is 0 Å². The average molecular weight is 534 g/mol. The molecule has 0 spiro atoms. The lowest BCUT2D eigenvalue weighted by atomic mass is 9.99. The van der Waals surface area contributed by atoms with Gasteiger partial charge in [-0.25, -0.2) is 4.79 Å². The maximum Gasteiger partial charge on any atom is 0.416 e. The standard InChI is InChI=1S/C25H35ClF3N3O4/c1-24(2,3)36-22(34)17-20(18-8-7-9-19(16-18)25(27,28)29)32-15-14-31(23(32)35)13-6-4-5-10-21(33)30-12-11-26/h7-9,16,20H,4-6,10-15,17H2,1-3H3,(H,30,33). The average Bonchev–Trinajstić information content (AvgIpc) is 3.14. The second-order valence-corrected chi connectivity index (χ2v) is 10.1. The van der Waals surface area contributed by atoms with Gasteiger partial charge in [-0.05, 0) is 51.3 Å². The number of ether oxygens (including phenoxy) is 1. The summed E-state index contributed by atoms with van der Waals surface area (Å²) in [6.45, 7) is 6.68. The minimum atomic E-state index is -4.55. The first kappa shape index (κ1) is 29.7. The molecule has 0 saturated carbocycles. The molecule has 0 bridgehead atoms. The minimum Gasteiger partial charge on any atom is -0.460 e. The summed E-state index contributed by atoms with van der Waals surface area (Å²) in [5, 5.41) is 2.70. The monoisotopic (exact) mass is 533 g/mol. The van der Waals surface area contributed by atoms with Gasteiger partial charge >= 0.3 is 18.2 Å². The molecular formula is C25H35ClF3N3O4. The highest BCUT2D eigenvalue weighted by Gasteiger charge is 2.37. The molecule has 1 aliphatic heterocycles. The fourth-order valence-corrected chi connectivity index (χ4v) is 4.10. The van der Waals surface area contributed by atoms with E-state index in [0.717, 1.165) is 18.6 Å². The molecule has 36 heavy (non-hydrogen) atoms. The Hall–Kier alpha value is -2.49. The van der Waals surface area contributed by atoms with E-state index < -0.39 is 29.4 Å². The Morgan fingerprint density at radius 3 is 2.50 bits per heavy atom. The molecule has 1 aromatic carbocycles. The van der Waals surface area contributed by atoms with E-state index in [-0.39, 0.29) is 30.5 Å². The smallest absolute Gasteiger partial charge is 0.416 e. The van der Waals surface area contributed by atoms with Crippen LogP contribution in [-0.4, -0.2) is 65.4 Å². The molecule has 1 aromatic rings. The van der Waals surface area contributed by atoms with Crippen molar-refractivity contribution in [2.45, 2.75) is 70.7 Å². The van der Waals surface area contributed by atoms with Crippen LogP contribution in [0.4, 0.5) is 18.0 Å². The Morgan fingerprint density at radius 2 is 1.86 bits per heavy atom. The van der Waals surface area contributed by atoms with Crippen LogP contribution >= 0.6 is 11.6 Å². The number of amides is 3. The van der Waals surface area contributed by atoms with E-state index >= 15 is 0 Å². The number of urea groups is 1. The van der Waals surface area contributed by atoms with Crippen molar-refractivity contribution in [1.82, 2.24) is 15.1 Å². The Bertz CT molecular complexity index is 905. The van der Waals surface area contributed by atoms with Gasteiger partial charge in [0.2, 0.25) is 5.91 Å². The summed E-state index contributed by atoms with van der Waals surface area (Å²) in [4.78, 5) is 40.5. The first-order chi connectivity index (χ1) is 16.8. The highest BCUT2D eigenvalue weighted by Crippen LogP contribution is 2.34. The number of alkyl halides is 4. The summed E-state index contributed by atoms with van der Waals surface area (Å²) in [5.74, 6) is -0.303. The molecule has 1 unspecified atom stereocenters. The Labute approximate surface area is 215 Å². The molecule has 0 aliphatic carbocycles. The molecule has 7 nitrogen and oxygen atoms in total. The fraction of sp³-hybridized carbons (Fsp3) is 0.640. The zero-order chi connectivity index (χ0) is 26.9. The molecule has 1 N–H and O–H groups in total. The van der Waals surface area contributed by atoms with Crippen LogP contribution in [0, 0.1) is 0 Å². The lowest BCUT2D eigenvalue weighted by Crippen LogP contribution is -2.37. The van der Waals surface area contributed by atoms with E-state index in [0.29, 0.717) is 44.8 Å². The predicted molar refractivity (Wildman–Crippen MR) is 131 cm³/mol. The molecule has 3 amide bonds. The quantitative estimate of drug-likeness (QED) is 0.229. The number of carbonyl (C=O) groups is 3. The van der Waals surface area contributed by atoms with E-state index in [2.05, 4.69) is 5.32 Å². The SMILES string of the molecule is CC(C)(C)OC(=O)CC(c1cccc(C(F)(F)F)c1)N1CCN(CCCCCC(=O)NCCCl)C1=O. The normalized spacial score (nSPS) is 15.2. The lowest BCUT2D eigenvalue weighted by molar-refractivity contribution is -0.156. The van der Waals surface area contributed by atoms with Crippen molar-refractivity contribution >= 4 is 29.5 Å². The van der Waals surface area contributed by atoms with Crippen molar-refractivity contribution < 1.29 is 32.3 Å². The van der Waals surface area contributed by atoms with Gasteiger partial charge in [-0.15, -0.1) is 11.6 Å². The van der Waals surface area contributed by atoms with E-state index in [4.69, 9.17) is 16.3 Å². The molecular weight excluding hydrogens is 499 g/mol. The number of hydrogen-bond acceptors (Lipinski definition) is 4. The molecule has 1 fully saturated rings. The number of hydrogen-bond donors (Lipinski definition) is 1. The molecule has 1 aliphatic rings. The largest absolute Gasteiger partial charge is 0.460 e. The summed E-state index contributed by atoms with van der Waals surface area (Å²) in [6.07, 6.45) is -2.32. The molecule has 2 rings (SSSR count). The van der Waals surface area contributed by atoms with Gasteiger partial charge < -0.3 is 19.9 Å². The number of unbranched alkanes of at least 4 members (excludes halogenated alkanes) is 2. The maximum atomic E-state index is 13.3. The lowest BCUT2D eigenvalue weighted by Gasteiger charge is -2.29. The zero-order valence-electron chi connectivity index (χ0n) is 21.0. The van der Waals surface area contributed by atoms with Crippen LogP contribution in [0.3, 0.4) is 0 Å². The van der Waals surface area contributed by atoms with Crippen LogP contribution in [0.25, 0.3) is 0 Å². The van der Waals surface area contributed by atoms with Crippen molar-refractivity contribution in [2.75, 3.05) is 32.1 Å². The van der Waals surface area contributed by atoms with Crippen LogP contribution in [0.2, 0.25) is 0 Å². The molecule has 1 heterocycles. The predicted octanol–water partition coefficient (Wildman–Crippen LogP) is 5.13. The number of esters is 1. The van der Waals surface area contributed by atoms with Gasteiger partial charge in [-0.3, -0.25) is 9.59 Å². The number of carbonyl (C=O) groups excluding carboxylic acids is 3. The van der Waals surface area contributed by atoms with Crippen LogP contribution in [0.5, 0.6) is 0 Å². The first-order valence-corrected chi connectivity index (χ1v) is 12.6. The van der Waals surface area contributed by atoms with E-state index in [1.54, 1.807) is 25.7 Å². The third kappa shape index (κ3) is 9.52.